The van der Waals surface area contributed by atoms with Crippen LogP contribution < -0.4 is 0 Å². The summed E-state index contributed by atoms with van der Waals surface area (Å²) in [6, 6.07) is 0. The van der Waals surface area contributed by atoms with Crippen LogP contribution in [0.15, 0.2) is 11.1 Å². The fourth-order valence-corrected chi connectivity index (χ4v) is 2.62. The van der Waals surface area contributed by atoms with Gasteiger partial charge >= 0.3 is 23.9 Å². The van der Waals surface area contributed by atoms with Crippen molar-refractivity contribution in [3.63, 3.8) is 0 Å². The van der Waals surface area contributed by atoms with Gasteiger partial charge in [-0.2, -0.15) is 0 Å². The van der Waals surface area contributed by atoms with Gasteiger partial charge in [0.05, 0.1) is 27.4 Å². The van der Waals surface area contributed by atoms with Crippen molar-refractivity contribution < 1.29 is 38.1 Å². The first-order chi connectivity index (χ1) is 11.4. The van der Waals surface area contributed by atoms with Crippen molar-refractivity contribution in [2.24, 2.45) is 5.41 Å². The summed E-state index contributed by atoms with van der Waals surface area (Å²) >= 11 is 0. The summed E-state index contributed by atoms with van der Waals surface area (Å²) in [6.45, 7) is 3.36. The van der Waals surface area contributed by atoms with Crippen LogP contribution >= 0.6 is 0 Å². The molecule has 0 saturated heterocycles. The van der Waals surface area contributed by atoms with E-state index in [-0.39, 0.29) is 43.6 Å². The van der Waals surface area contributed by atoms with Crippen LogP contribution in [0.5, 0.6) is 0 Å². The molecule has 0 spiro atoms. The lowest BCUT2D eigenvalue weighted by molar-refractivity contribution is -0.173. The van der Waals surface area contributed by atoms with Gasteiger partial charge < -0.3 is 18.9 Å². The number of hydrogen-bond donors (Lipinski definition) is 0. The second-order valence-electron chi connectivity index (χ2n) is 5.14. The molecule has 0 bridgehead atoms. The number of carbonyl (C=O) groups is 4. The van der Waals surface area contributed by atoms with Gasteiger partial charge in [-0.25, -0.2) is 9.59 Å². The van der Waals surface area contributed by atoms with Crippen LogP contribution in [0, 0.1) is 5.41 Å². The first-order valence-electron chi connectivity index (χ1n) is 7.61. The third-order valence-electron chi connectivity index (χ3n) is 3.84. The maximum absolute atomic E-state index is 12.4. The van der Waals surface area contributed by atoms with Gasteiger partial charge in [-0.3, -0.25) is 9.59 Å². The van der Waals surface area contributed by atoms with Crippen LogP contribution in [0.3, 0.4) is 0 Å². The average Bonchev–Trinajstić information content (AvgIpc) is 2.60. The zero-order valence-corrected chi connectivity index (χ0v) is 14.3. The topological polar surface area (TPSA) is 105 Å². The predicted octanol–water partition coefficient (Wildman–Crippen LogP) is 0.925. The Morgan fingerprint density at radius 2 is 1.33 bits per heavy atom. The Morgan fingerprint density at radius 1 is 0.875 bits per heavy atom. The maximum Gasteiger partial charge on any atom is 0.334 e. The molecule has 0 fully saturated rings. The minimum absolute atomic E-state index is 0.00522. The van der Waals surface area contributed by atoms with E-state index in [4.69, 9.17) is 9.47 Å². The molecule has 0 saturated carbocycles. The fourth-order valence-electron chi connectivity index (χ4n) is 2.62. The van der Waals surface area contributed by atoms with E-state index in [9.17, 15) is 19.2 Å². The fraction of sp³-hybridized carbons (Fsp3) is 0.625. The zero-order valence-electron chi connectivity index (χ0n) is 14.3. The van der Waals surface area contributed by atoms with Gasteiger partial charge in [-0.05, 0) is 26.7 Å². The van der Waals surface area contributed by atoms with Crippen LogP contribution in [0.25, 0.3) is 0 Å². The summed E-state index contributed by atoms with van der Waals surface area (Å²) in [7, 11) is 2.33. The van der Waals surface area contributed by atoms with Gasteiger partial charge in [0, 0.05) is 17.6 Å². The van der Waals surface area contributed by atoms with Crippen molar-refractivity contribution in [1.82, 2.24) is 0 Å². The molecule has 134 valence electrons. The summed E-state index contributed by atoms with van der Waals surface area (Å²) in [5, 5.41) is 0. The molecule has 0 aromatic rings. The Morgan fingerprint density at radius 3 is 1.75 bits per heavy atom. The number of ether oxygens (including phenoxy) is 4. The third-order valence-corrected chi connectivity index (χ3v) is 3.84. The van der Waals surface area contributed by atoms with E-state index in [1.807, 2.05) is 0 Å². The lowest BCUT2D eigenvalue weighted by Gasteiger charge is -2.33. The smallest absolute Gasteiger partial charge is 0.334 e. The highest BCUT2D eigenvalue weighted by atomic mass is 16.6. The highest BCUT2D eigenvalue weighted by Crippen LogP contribution is 2.42. The maximum atomic E-state index is 12.4. The summed E-state index contributed by atoms with van der Waals surface area (Å²) in [5.41, 5.74) is -1.65. The van der Waals surface area contributed by atoms with Crippen molar-refractivity contribution in [1.29, 1.82) is 0 Å². The van der Waals surface area contributed by atoms with Gasteiger partial charge in [-0.15, -0.1) is 0 Å². The van der Waals surface area contributed by atoms with Crippen LogP contribution in [0.1, 0.15) is 33.1 Å². The molecule has 0 radical (unpaired) electrons. The molecule has 1 rings (SSSR count). The SMILES string of the molecule is CCOC(=O)C1(C(=O)OCC)CCC(C(=O)OC)=C(C(=O)OC)C1. The molecule has 1 aliphatic rings. The Bertz CT molecular complexity index is 542. The lowest BCUT2D eigenvalue weighted by Crippen LogP contribution is -2.45. The number of methoxy groups -OCH3 is 2. The Kier molecular flexibility index (Phi) is 6.94. The summed E-state index contributed by atoms with van der Waals surface area (Å²) < 4.78 is 19.4. The molecular weight excluding hydrogens is 320 g/mol. The quantitative estimate of drug-likeness (QED) is 0.399. The highest BCUT2D eigenvalue weighted by Gasteiger charge is 2.53. The van der Waals surface area contributed by atoms with E-state index in [0.717, 1.165) is 7.11 Å². The molecule has 24 heavy (non-hydrogen) atoms. The van der Waals surface area contributed by atoms with Crippen LogP contribution in [0.2, 0.25) is 0 Å². The van der Waals surface area contributed by atoms with E-state index >= 15 is 0 Å². The average molecular weight is 342 g/mol. The van der Waals surface area contributed by atoms with Crippen molar-refractivity contribution in [3.8, 4) is 0 Å². The predicted molar refractivity (Wildman–Crippen MR) is 80.6 cm³/mol. The molecule has 0 heterocycles. The molecule has 0 atom stereocenters. The number of hydrogen-bond acceptors (Lipinski definition) is 8. The summed E-state index contributed by atoms with van der Waals surface area (Å²) in [6.07, 6.45) is -0.355. The van der Waals surface area contributed by atoms with Gasteiger partial charge in [0.15, 0.2) is 5.41 Å². The molecule has 0 unspecified atom stereocenters. The molecule has 8 heteroatoms. The van der Waals surface area contributed by atoms with E-state index in [0.29, 0.717) is 0 Å². The molecular formula is C16H22O8. The Labute approximate surface area is 140 Å². The van der Waals surface area contributed by atoms with E-state index < -0.39 is 29.3 Å². The summed E-state index contributed by atoms with van der Waals surface area (Å²) in [4.78, 5) is 48.8. The van der Waals surface area contributed by atoms with Crippen molar-refractivity contribution in [2.75, 3.05) is 27.4 Å². The Balaban J connectivity index is 3.37. The van der Waals surface area contributed by atoms with Crippen molar-refractivity contribution in [2.45, 2.75) is 33.1 Å². The van der Waals surface area contributed by atoms with E-state index in [1.165, 1.54) is 7.11 Å². The van der Waals surface area contributed by atoms with Crippen LogP contribution in [-0.4, -0.2) is 51.3 Å². The monoisotopic (exact) mass is 342 g/mol. The lowest BCUT2D eigenvalue weighted by atomic mass is 9.71. The Hall–Kier alpha value is -2.38. The molecule has 0 N–H and O–H groups in total. The normalized spacial score (nSPS) is 16.2. The molecule has 0 aromatic heterocycles. The van der Waals surface area contributed by atoms with E-state index in [2.05, 4.69) is 9.47 Å². The third kappa shape index (κ3) is 3.74. The van der Waals surface area contributed by atoms with Gasteiger partial charge in [0.1, 0.15) is 0 Å². The van der Waals surface area contributed by atoms with Gasteiger partial charge in [-0.1, -0.05) is 0 Å². The molecule has 0 aromatic carbocycles. The van der Waals surface area contributed by atoms with Crippen molar-refractivity contribution >= 4 is 23.9 Å². The number of carbonyl (C=O) groups excluding carboxylic acids is 4. The molecule has 1 aliphatic carbocycles. The molecule has 0 amide bonds. The molecule has 0 aliphatic heterocycles. The minimum Gasteiger partial charge on any atom is -0.466 e. The van der Waals surface area contributed by atoms with Crippen LogP contribution in [-0.2, 0) is 38.1 Å². The first-order valence-corrected chi connectivity index (χ1v) is 7.61. The van der Waals surface area contributed by atoms with Gasteiger partial charge in [0.2, 0.25) is 0 Å². The van der Waals surface area contributed by atoms with E-state index in [1.54, 1.807) is 13.8 Å². The second kappa shape index (κ2) is 8.47. The largest absolute Gasteiger partial charge is 0.466 e. The van der Waals surface area contributed by atoms with Gasteiger partial charge in [0.25, 0.3) is 0 Å². The first kappa shape index (κ1) is 19.7. The highest BCUT2D eigenvalue weighted by molar-refractivity contribution is 6.06. The number of esters is 4. The van der Waals surface area contributed by atoms with Crippen LogP contribution in [0.4, 0.5) is 0 Å². The molecule has 8 nitrogen and oxygen atoms in total. The van der Waals surface area contributed by atoms with Crippen molar-refractivity contribution in [3.05, 3.63) is 11.1 Å². The standard InChI is InChI=1S/C16H22O8/c1-5-23-14(19)16(15(20)24-6-2)8-7-10(12(17)21-3)11(9-16)13(18)22-4/h5-9H2,1-4H3. The second-order valence-corrected chi connectivity index (χ2v) is 5.14. The number of rotatable bonds is 6. The minimum atomic E-state index is -1.67. The zero-order chi connectivity index (χ0) is 18.3. The summed E-state index contributed by atoms with van der Waals surface area (Å²) in [5.74, 6) is -3.06.